The van der Waals surface area contributed by atoms with Gasteiger partial charge in [0.25, 0.3) is 0 Å². The zero-order valence-corrected chi connectivity index (χ0v) is 24.1. The minimum Gasteiger partial charge on any atom is -0.497 e. The second kappa shape index (κ2) is 10.3. The van der Waals surface area contributed by atoms with Crippen molar-refractivity contribution in [2.24, 2.45) is 0 Å². The van der Waals surface area contributed by atoms with E-state index in [1.807, 2.05) is 12.1 Å². The number of hydrogen-bond donors (Lipinski definition) is 1. The highest BCUT2D eigenvalue weighted by Crippen LogP contribution is 2.55. The molecule has 39 heavy (non-hydrogen) atoms. The first kappa shape index (κ1) is 28.3. The highest BCUT2D eigenvalue weighted by molar-refractivity contribution is 6.32. The quantitative estimate of drug-likeness (QED) is 0.362. The molecular formula is C28H35Cl2NO8. The molecule has 0 aromatic heterocycles. The van der Waals surface area contributed by atoms with Gasteiger partial charge in [-0.25, -0.2) is 4.79 Å². The van der Waals surface area contributed by atoms with Gasteiger partial charge in [-0.2, -0.15) is 0 Å². The molecule has 1 aliphatic carbocycles. The fourth-order valence-corrected chi connectivity index (χ4v) is 6.81. The van der Waals surface area contributed by atoms with E-state index in [1.54, 1.807) is 13.8 Å². The second-order valence-electron chi connectivity index (χ2n) is 11.3. The van der Waals surface area contributed by atoms with Crippen molar-refractivity contribution in [3.63, 3.8) is 0 Å². The monoisotopic (exact) mass is 583 g/mol. The molecule has 0 radical (unpaired) electrons. The Morgan fingerprint density at radius 1 is 1.21 bits per heavy atom. The van der Waals surface area contributed by atoms with Gasteiger partial charge in [-0.3, -0.25) is 9.69 Å². The topological polar surface area (TPSA) is 104 Å². The van der Waals surface area contributed by atoms with E-state index in [0.717, 1.165) is 50.6 Å². The van der Waals surface area contributed by atoms with Crippen molar-refractivity contribution in [3.8, 4) is 11.5 Å². The van der Waals surface area contributed by atoms with E-state index < -0.39 is 39.4 Å². The van der Waals surface area contributed by atoms with Gasteiger partial charge in [0.05, 0.1) is 25.7 Å². The Hall–Kier alpha value is -2.20. The predicted octanol–water partition coefficient (Wildman–Crippen LogP) is 3.65. The van der Waals surface area contributed by atoms with Crippen molar-refractivity contribution in [3.05, 3.63) is 35.1 Å². The molecule has 5 rings (SSSR count). The lowest BCUT2D eigenvalue weighted by atomic mass is 9.77. The van der Waals surface area contributed by atoms with Crippen LogP contribution >= 0.6 is 23.2 Å². The SMILES string of the molecule is COC(=O)[C@@H](Cl)[C@](O)(CCC(C)(C)Cl)C(=O)O[C@@H]1C(OC)=C[C@]23CCCN2CCc2cc4c(cc2[C@H]13)OCO4. The van der Waals surface area contributed by atoms with E-state index in [0.29, 0.717) is 17.3 Å². The van der Waals surface area contributed by atoms with E-state index in [4.69, 9.17) is 46.9 Å². The Bertz CT molecular complexity index is 1180. The number of hydrogen-bond acceptors (Lipinski definition) is 9. The average Bonchev–Trinajstić information content (AvgIpc) is 3.59. The van der Waals surface area contributed by atoms with Gasteiger partial charge < -0.3 is 28.8 Å². The van der Waals surface area contributed by atoms with Crippen molar-refractivity contribution >= 4 is 35.1 Å². The highest BCUT2D eigenvalue weighted by atomic mass is 35.5. The van der Waals surface area contributed by atoms with Crippen LogP contribution in [0.4, 0.5) is 0 Å². The lowest BCUT2D eigenvalue weighted by Crippen LogP contribution is -2.54. The molecule has 0 saturated carbocycles. The maximum atomic E-state index is 13.9. The van der Waals surface area contributed by atoms with E-state index in [2.05, 4.69) is 11.0 Å². The highest BCUT2D eigenvalue weighted by Gasteiger charge is 2.60. The molecule has 3 heterocycles. The maximum absolute atomic E-state index is 13.9. The third-order valence-corrected chi connectivity index (χ3v) is 9.21. The van der Waals surface area contributed by atoms with Crippen LogP contribution in [0.2, 0.25) is 0 Å². The number of fused-ring (bicyclic) bond motifs is 3. The molecule has 0 unspecified atom stereocenters. The molecule has 3 aliphatic heterocycles. The van der Waals surface area contributed by atoms with Gasteiger partial charge in [-0.1, -0.05) is 0 Å². The molecule has 11 heteroatoms. The number of rotatable bonds is 8. The smallest absolute Gasteiger partial charge is 0.341 e. The molecule has 5 atom stereocenters. The summed E-state index contributed by atoms with van der Waals surface area (Å²) in [7, 11) is 2.68. The molecule has 1 aromatic carbocycles. The predicted molar refractivity (Wildman–Crippen MR) is 143 cm³/mol. The van der Waals surface area contributed by atoms with Gasteiger partial charge in [-0.15, -0.1) is 23.2 Å². The van der Waals surface area contributed by atoms with Gasteiger partial charge in [0.15, 0.2) is 28.6 Å². The van der Waals surface area contributed by atoms with Crippen LogP contribution in [-0.2, 0) is 30.2 Å². The number of carbonyl (C=O) groups is 2. The van der Waals surface area contributed by atoms with Crippen LogP contribution in [-0.4, -0.2) is 83.5 Å². The molecule has 9 nitrogen and oxygen atoms in total. The number of aliphatic hydroxyl groups is 1. The average molecular weight is 584 g/mol. The number of ether oxygens (including phenoxy) is 5. The van der Waals surface area contributed by atoms with Gasteiger partial charge in [-0.05, 0) is 81.8 Å². The number of benzene rings is 1. The van der Waals surface area contributed by atoms with Crippen molar-refractivity contribution in [1.82, 2.24) is 4.90 Å². The normalized spacial score (nSPS) is 27.8. The van der Waals surface area contributed by atoms with Gasteiger partial charge in [0.1, 0.15) is 5.76 Å². The standard InChI is InChI=1S/C28H35Cl2NO8/c1-26(2,30)8-9-28(34,23(29)24(32)36-4)25(33)39-22-20(35-3)14-27-7-5-10-31(27)11-6-16-12-18-19(38-15-37-18)13-17(16)21(22)27/h12-14,21-23,34H,5-11,15H2,1-4H3/t21-,22-,23-,27+,28-/m1/s1. The van der Waals surface area contributed by atoms with Crippen LogP contribution < -0.4 is 9.47 Å². The van der Waals surface area contributed by atoms with E-state index in [-0.39, 0.29) is 25.6 Å². The summed E-state index contributed by atoms with van der Waals surface area (Å²) in [6.07, 6.45) is 3.77. The van der Waals surface area contributed by atoms with Crippen molar-refractivity contribution < 1.29 is 38.4 Å². The molecule has 1 saturated heterocycles. The third-order valence-electron chi connectivity index (χ3n) is 8.48. The van der Waals surface area contributed by atoms with E-state index in [1.165, 1.54) is 7.11 Å². The number of carbonyl (C=O) groups excluding carboxylic acids is 2. The summed E-state index contributed by atoms with van der Waals surface area (Å²) in [6, 6.07) is 3.97. The first-order chi connectivity index (χ1) is 18.4. The zero-order chi connectivity index (χ0) is 28.2. The Balaban J connectivity index is 1.55. The van der Waals surface area contributed by atoms with Crippen molar-refractivity contribution in [2.75, 3.05) is 34.1 Å². The van der Waals surface area contributed by atoms with Crippen molar-refractivity contribution in [2.45, 2.75) is 79.4 Å². The van der Waals surface area contributed by atoms with Crippen LogP contribution in [0.3, 0.4) is 0 Å². The first-order valence-electron chi connectivity index (χ1n) is 13.2. The van der Waals surface area contributed by atoms with Crippen LogP contribution in [0.25, 0.3) is 0 Å². The van der Waals surface area contributed by atoms with Crippen LogP contribution in [0.5, 0.6) is 11.5 Å². The minimum absolute atomic E-state index is 0.148. The van der Waals surface area contributed by atoms with Crippen LogP contribution in [0.1, 0.15) is 56.6 Å². The molecule has 1 aromatic rings. The van der Waals surface area contributed by atoms with Crippen molar-refractivity contribution in [1.29, 1.82) is 0 Å². The summed E-state index contributed by atoms with van der Waals surface area (Å²) < 4.78 is 28.1. The van der Waals surface area contributed by atoms with Gasteiger partial charge >= 0.3 is 11.9 Å². The Kier molecular flexibility index (Phi) is 7.50. The Morgan fingerprint density at radius 3 is 2.59 bits per heavy atom. The van der Waals surface area contributed by atoms with Gasteiger partial charge in [0.2, 0.25) is 6.79 Å². The Labute approximate surface area is 238 Å². The summed E-state index contributed by atoms with van der Waals surface area (Å²) in [6.45, 7) is 5.35. The molecule has 0 bridgehead atoms. The molecular weight excluding hydrogens is 549 g/mol. The number of nitrogens with zero attached hydrogens (tertiary/aromatic N) is 1. The summed E-state index contributed by atoms with van der Waals surface area (Å²) in [5, 5.41) is 9.92. The fourth-order valence-electron chi connectivity index (χ4n) is 6.43. The largest absolute Gasteiger partial charge is 0.497 e. The van der Waals surface area contributed by atoms with Gasteiger partial charge in [0, 0.05) is 11.4 Å². The maximum Gasteiger partial charge on any atom is 0.341 e. The number of methoxy groups -OCH3 is 2. The molecule has 0 amide bonds. The first-order valence-corrected chi connectivity index (χ1v) is 14.0. The van der Waals surface area contributed by atoms with E-state index >= 15 is 0 Å². The number of esters is 2. The third kappa shape index (κ3) is 4.85. The fraction of sp³-hybridized carbons (Fsp3) is 0.643. The number of halogens is 2. The molecule has 4 aliphatic rings. The minimum atomic E-state index is -2.38. The summed E-state index contributed by atoms with van der Waals surface area (Å²) in [5.74, 6) is -0.504. The lowest BCUT2D eigenvalue weighted by Gasteiger charge is -2.40. The second-order valence-corrected chi connectivity index (χ2v) is 12.8. The molecule has 1 N–H and O–H groups in total. The lowest BCUT2D eigenvalue weighted by molar-refractivity contribution is -0.177. The summed E-state index contributed by atoms with van der Waals surface area (Å²) in [4.78, 5) is 27.9. The molecule has 1 spiro atoms. The zero-order valence-electron chi connectivity index (χ0n) is 22.6. The van der Waals surface area contributed by atoms with Crippen LogP contribution in [0, 0.1) is 0 Å². The van der Waals surface area contributed by atoms with E-state index in [9.17, 15) is 14.7 Å². The molecule has 1 fully saturated rings. The summed E-state index contributed by atoms with van der Waals surface area (Å²) in [5.41, 5.74) is -0.777. The Morgan fingerprint density at radius 2 is 1.92 bits per heavy atom. The van der Waals surface area contributed by atoms with Crippen LogP contribution in [0.15, 0.2) is 24.0 Å². The molecule has 214 valence electrons. The number of alkyl halides is 2. The summed E-state index contributed by atoms with van der Waals surface area (Å²) >= 11 is 12.7.